The minimum absolute atomic E-state index is 0.124. The van der Waals surface area contributed by atoms with Crippen LogP contribution in [0.1, 0.15) is 45.4 Å². The molecule has 0 spiro atoms. The number of oxazole rings is 1. The zero-order chi connectivity index (χ0) is 24.8. The molecule has 2 aromatic carbocycles. The van der Waals surface area contributed by atoms with Crippen molar-refractivity contribution in [1.29, 1.82) is 0 Å². The van der Waals surface area contributed by atoms with Crippen LogP contribution < -0.4 is 10.1 Å². The summed E-state index contributed by atoms with van der Waals surface area (Å²) in [6.45, 7) is 4.76. The third-order valence-electron chi connectivity index (χ3n) is 5.72. The van der Waals surface area contributed by atoms with Crippen LogP contribution in [0.2, 0.25) is 0 Å². The van der Waals surface area contributed by atoms with Crippen molar-refractivity contribution in [2.75, 3.05) is 18.4 Å². The number of nitrogens with zero attached hydrogens (tertiary/aromatic N) is 2. The number of ether oxygens (including phenoxy) is 1. The molecule has 3 aromatic rings. The molecule has 1 aromatic heterocycles. The second-order valence-corrected chi connectivity index (χ2v) is 10.8. The van der Waals surface area contributed by atoms with Crippen LogP contribution in [0.3, 0.4) is 0 Å². The summed E-state index contributed by atoms with van der Waals surface area (Å²) >= 11 is 0. The van der Waals surface area contributed by atoms with Crippen molar-refractivity contribution >= 4 is 21.6 Å². The molecular weight excluding hydrogens is 466 g/mol. The van der Waals surface area contributed by atoms with Crippen molar-refractivity contribution in [1.82, 2.24) is 9.29 Å². The van der Waals surface area contributed by atoms with Crippen LogP contribution in [0.25, 0.3) is 11.3 Å². The number of nitrogens with one attached hydrogen (secondary N) is 1. The number of hydrogen-bond acceptors (Lipinski definition) is 6. The van der Waals surface area contributed by atoms with Gasteiger partial charge >= 0.3 is 0 Å². The largest absolute Gasteiger partial charge is 0.489 e. The molecule has 1 aliphatic heterocycles. The third-order valence-corrected chi connectivity index (χ3v) is 7.61. The highest BCUT2D eigenvalue weighted by atomic mass is 32.2. The van der Waals surface area contributed by atoms with E-state index in [0.717, 1.165) is 24.8 Å². The Balaban J connectivity index is 1.47. The Bertz CT molecular complexity index is 1250. The van der Waals surface area contributed by atoms with Gasteiger partial charge in [0.15, 0.2) is 11.7 Å². The van der Waals surface area contributed by atoms with Crippen LogP contribution in [-0.4, -0.2) is 42.8 Å². The van der Waals surface area contributed by atoms with Gasteiger partial charge in [0.2, 0.25) is 15.9 Å². The van der Waals surface area contributed by atoms with Crippen LogP contribution in [0.4, 0.5) is 5.69 Å². The number of piperidine rings is 1. The second-order valence-electron chi connectivity index (χ2n) is 8.82. The predicted molar refractivity (Wildman–Crippen MR) is 134 cm³/mol. The molecule has 4 rings (SSSR count). The minimum atomic E-state index is -3.64. The summed E-state index contributed by atoms with van der Waals surface area (Å²) in [5.41, 5.74) is 1.25. The first-order valence-electron chi connectivity index (χ1n) is 11.9. The number of amides is 1. The van der Waals surface area contributed by atoms with Crippen LogP contribution in [0.5, 0.6) is 5.75 Å². The lowest BCUT2D eigenvalue weighted by Crippen LogP contribution is -2.35. The first-order valence-corrected chi connectivity index (χ1v) is 13.4. The molecule has 0 atom stereocenters. The molecule has 0 saturated carbocycles. The van der Waals surface area contributed by atoms with E-state index in [1.54, 1.807) is 12.3 Å². The van der Waals surface area contributed by atoms with Crippen molar-refractivity contribution < 1.29 is 22.4 Å². The number of hydrogen-bond donors (Lipinski definition) is 1. The Morgan fingerprint density at radius 1 is 1.11 bits per heavy atom. The van der Waals surface area contributed by atoms with E-state index in [0.29, 0.717) is 42.6 Å². The van der Waals surface area contributed by atoms with Gasteiger partial charge in [0.05, 0.1) is 22.9 Å². The maximum atomic E-state index is 13.1. The van der Waals surface area contributed by atoms with Gasteiger partial charge in [-0.1, -0.05) is 36.8 Å². The Kier molecular flexibility index (Phi) is 7.87. The Morgan fingerprint density at radius 3 is 2.57 bits per heavy atom. The van der Waals surface area contributed by atoms with Gasteiger partial charge in [0, 0.05) is 31.5 Å². The van der Waals surface area contributed by atoms with Crippen molar-refractivity contribution in [3.8, 4) is 17.1 Å². The average Bonchev–Trinajstić information content (AvgIpc) is 3.34. The molecular formula is C26H31N3O5S. The summed E-state index contributed by atoms with van der Waals surface area (Å²) < 4.78 is 39.4. The minimum Gasteiger partial charge on any atom is -0.489 e. The lowest BCUT2D eigenvalue weighted by Gasteiger charge is -2.26. The van der Waals surface area contributed by atoms with Crippen molar-refractivity contribution in [2.45, 2.75) is 57.0 Å². The molecule has 0 bridgehead atoms. The SMILES string of the molecule is CC(C)Oc1ccc(S(=O)(=O)N2CCCCC2)cc1NC(=O)CCc1ncc(-c2ccccc2)o1. The molecule has 0 unspecified atom stereocenters. The number of carbonyl (C=O) groups excluding carboxylic acids is 1. The summed E-state index contributed by atoms with van der Waals surface area (Å²) in [7, 11) is -3.64. The molecule has 1 saturated heterocycles. The number of rotatable bonds is 9. The number of carbonyl (C=O) groups is 1. The highest BCUT2D eigenvalue weighted by Gasteiger charge is 2.27. The van der Waals surface area contributed by atoms with Gasteiger partial charge in [-0.3, -0.25) is 4.79 Å². The standard InChI is InChI=1S/C26H31N3O5S/c1-19(2)33-23-12-11-21(35(31,32)29-15-7-4-8-16-29)17-22(23)28-25(30)13-14-26-27-18-24(34-26)20-9-5-3-6-10-20/h3,5-6,9-12,17-19H,4,7-8,13-16H2,1-2H3,(H,28,30). The first-order chi connectivity index (χ1) is 16.8. The van der Waals surface area contributed by atoms with E-state index in [1.165, 1.54) is 16.4 Å². The number of anilines is 1. The summed E-state index contributed by atoms with van der Waals surface area (Å²) in [6, 6.07) is 14.2. The van der Waals surface area contributed by atoms with E-state index >= 15 is 0 Å². The van der Waals surface area contributed by atoms with E-state index in [-0.39, 0.29) is 23.3 Å². The molecule has 35 heavy (non-hydrogen) atoms. The van der Waals surface area contributed by atoms with Gasteiger partial charge in [-0.2, -0.15) is 4.31 Å². The molecule has 0 aliphatic carbocycles. The lowest BCUT2D eigenvalue weighted by atomic mass is 10.2. The van der Waals surface area contributed by atoms with E-state index in [2.05, 4.69) is 10.3 Å². The Morgan fingerprint density at radius 2 is 1.86 bits per heavy atom. The quantitative estimate of drug-likeness (QED) is 0.452. The van der Waals surface area contributed by atoms with Crippen molar-refractivity contribution in [3.05, 3.63) is 60.6 Å². The van der Waals surface area contributed by atoms with Gasteiger partial charge < -0.3 is 14.5 Å². The molecule has 9 heteroatoms. The predicted octanol–water partition coefficient (Wildman–Crippen LogP) is 4.87. The molecule has 1 amide bonds. The van der Waals surface area contributed by atoms with Gasteiger partial charge in [-0.15, -0.1) is 0 Å². The van der Waals surface area contributed by atoms with E-state index < -0.39 is 10.0 Å². The topological polar surface area (TPSA) is 102 Å². The molecule has 8 nitrogen and oxygen atoms in total. The molecule has 0 radical (unpaired) electrons. The van der Waals surface area contributed by atoms with Crippen molar-refractivity contribution in [3.63, 3.8) is 0 Å². The number of sulfonamides is 1. The summed E-state index contributed by atoms with van der Waals surface area (Å²) in [5.74, 6) is 1.24. The van der Waals surface area contributed by atoms with Crippen LogP contribution >= 0.6 is 0 Å². The average molecular weight is 498 g/mol. The fourth-order valence-electron chi connectivity index (χ4n) is 3.97. The molecule has 186 valence electrons. The van der Waals surface area contributed by atoms with Gasteiger partial charge in [0.1, 0.15) is 5.75 Å². The Labute approximate surface area is 206 Å². The summed E-state index contributed by atoms with van der Waals surface area (Å²) in [6.07, 6.45) is 4.68. The smallest absolute Gasteiger partial charge is 0.243 e. The molecule has 2 heterocycles. The highest BCUT2D eigenvalue weighted by Crippen LogP contribution is 2.31. The number of aryl methyl sites for hydroxylation is 1. The Hall–Kier alpha value is -3.17. The monoisotopic (exact) mass is 497 g/mol. The number of benzene rings is 2. The fraction of sp³-hybridized carbons (Fsp3) is 0.385. The third kappa shape index (κ3) is 6.29. The van der Waals surface area contributed by atoms with E-state index in [4.69, 9.17) is 9.15 Å². The molecule has 1 N–H and O–H groups in total. The fourth-order valence-corrected chi connectivity index (χ4v) is 5.52. The highest BCUT2D eigenvalue weighted by molar-refractivity contribution is 7.89. The van der Waals surface area contributed by atoms with Crippen molar-refractivity contribution in [2.24, 2.45) is 0 Å². The van der Waals surface area contributed by atoms with Gasteiger partial charge in [-0.05, 0) is 44.9 Å². The second kappa shape index (κ2) is 11.0. The van der Waals surface area contributed by atoms with Crippen LogP contribution in [0, 0.1) is 0 Å². The van der Waals surface area contributed by atoms with Crippen LogP contribution in [-0.2, 0) is 21.2 Å². The summed E-state index contributed by atoms with van der Waals surface area (Å²) in [5, 5.41) is 2.82. The molecule has 1 aliphatic rings. The first kappa shape index (κ1) is 24.9. The van der Waals surface area contributed by atoms with Gasteiger partial charge in [-0.25, -0.2) is 13.4 Å². The molecule has 1 fully saturated rings. The summed E-state index contributed by atoms with van der Waals surface area (Å²) in [4.78, 5) is 17.2. The van der Waals surface area contributed by atoms with Crippen LogP contribution in [0.15, 0.2) is 64.0 Å². The maximum Gasteiger partial charge on any atom is 0.243 e. The zero-order valence-corrected chi connectivity index (χ0v) is 20.9. The van der Waals surface area contributed by atoms with E-state index in [1.807, 2.05) is 44.2 Å². The normalized spacial score (nSPS) is 14.7. The lowest BCUT2D eigenvalue weighted by molar-refractivity contribution is -0.116. The zero-order valence-electron chi connectivity index (χ0n) is 20.1. The van der Waals surface area contributed by atoms with Gasteiger partial charge in [0.25, 0.3) is 0 Å². The van der Waals surface area contributed by atoms with E-state index in [9.17, 15) is 13.2 Å². The maximum absolute atomic E-state index is 13.1. The number of aromatic nitrogens is 1.